The summed E-state index contributed by atoms with van der Waals surface area (Å²) in [5.41, 5.74) is 0.664. The first-order chi connectivity index (χ1) is 12.5. The van der Waals surface area contributed by atoms with E-state index in [1.54, 1.807) is 35.2 Å². The number of likely N-dealkylation sites (tertiary alicyclic amines) is 1. The first-order valence-electron chi connectivity index (χ1n) is 8.75. The van der Waals surface area contributed by atoms with Crippen LogP contribution in [0.3, 0.4) is 0 Å². The number of carbonyl (C=O) groups is 2. The van der Waals surface area contributed by atoms with E-state index in [0.717, 1.165) is 19.4 Å². The largest absolute Gasteiger partial charge is 0.341 e. The number of piperidine rings is 1. The molecule has 2 amide bonds. The van der Waals surface area contributed by atoms with E-state index < -0.39 is 0 Å². The highest BCUT2D eigenvalue weighted by Gasteiger charge is 2.28. The van der Waals surface area contributed by atoms with Gasteiger partial charge in [-0.15, -0.1) is 5.10 Å². The summed E-state index contributed by atoms with van der Waals surface area (Å²) in [7, 11) is 3.54. The second-order valence-electron chi connectivity index (χ2n) is 6.56. The Bertz CT molecular complexity index is 741. The Morgan fingerprint density at radius 1 is 1.38 bits per heavy atom. The average molecular weight is 360 g/mol. The van der Waals surface area contributed by atoms with E-state index in [1.165, 1.54) is 4.80 Å². The van der Waals surface area contributed by atoms with Gasteiger partial charge in [-0.1, -0.05) is 5.21 Å². The van der Waals surface area contributed by atoms with Gasteiger partial charge in [0, 0.05) is 45.8 Å². The minimum Gasteiger partial charge on any atom is -0.341 e. The molecule has 3 rings (SSSR count). The number of aryl methyl sites for hydroxylation is 2. The zero-order valence-corrected chi connectivity index (χ0v) is 15.2. The summed E-state index contributed by atoms with van der Waals surface area (Å²) in [6, 6.07) is 0.0396. The number of rotatable bonds is 6. The third-order valence-corrected chi connectivity index (χ3v) is 4.70. The molecule has 0 aromatic carbocycles. The molecule has 140 valence electrons. The Morgan fingerprint density at radius 2 is 2.23 bits per heavy atom. The quantitative estimate of drug-likeness (QED) is 0.687. The predicted molar refractivity (Wildman–Crippen MR) is 91.7 cm³/mol. The van der Waals surface area contributed by atoms with Gasteiger partial charge >= 0.3 is 0 Å². The number of carbonyl (C=O) groups excluding carboxylic acids is 2. The fourth-order valence-corrected chi connectivity index (χ4v) is 3.18. The van der Waals surface area contributed by atoms with Gasteiger partial charge in [0.15, 0.2) is 0 Å². The van der Waals surface area contributed by atoms with Crippen molar-refractivity contribution in [2.24, 2.45) is 7.05 Å². The summed E-state index contributed by atoms with van der Waals surface area (Å²) in [6.07, 6.45) is 7.34. The standard InChI is InChI=1S/C16H24N8O2/c1-21(15(25)5-8-24-9-6-17-20-24)14-4-3-7-23(12-14)16(26)10-13-11-18-22(2)19-13/h6,9,11,14H,3-5,7-8,10,12H2,1-2H3. The van der Waals surface area contributed by atoms with Gasteiger partial charge in [0.05, 0.1) is 31.1 Å². The molecule has 0 N–H and O–H groups in total. The summed E-state index contributed by atoms with van der Waals surface area (Å²) in [5.74, 6) is 0.0763. The van der Waals surface area contributed by atoms with E-state index >= 15 is 0 Å². The molecule has 1 saturated heterocycles. The van der Waals surface area contributed by atoms with Gasteiger partial charge < -0.3 is 9.80 Å². The molecule has 1 aliphatic rings. The van der Waals surface area contributed by atoms with E-state index in [0.29, 0.717) is 25.2 Å². The Labute approximate surface area is 151 Å². The van der Waals surface area contributed by atoms with Crippen LogP contribution >= 0.6 is 0 Å². The summed E-state index contributed by atoms with van der Waals surface area (Å²) >= 11 is 0. The van der Waals surface area contributed by atoms with Gasteiger partial charge in [0.1, 0.15) is 0 Å². The number of likely N-dealkylation sites (N-methyl/N-ethyl adjacent to an activating group) is 1. The summed E-state index contributed by atoms with van der Waals surface area (Å²) in [4.78, 5) is 30.0. The van der Waals surface area contributed by atoms with Crippen LogP contribution in [-0.2, 0) is 29.6 Å². The zero-order chi connectivity index (χ0) is 18.5. The molecule has 26 heavy (non-hydrogen) atoms. The van der Waals surface area contributed by atoms with Crippen LogP contribution in [0, 0.1) is 0 Å². The lowest BCUT2D eigenvalue weighted by molar-refractivity contribution is -0.138. The normalized spacial score (nSPS) is 17.3. The minimum absolute atomic E-state index is 0.0265. The maximum Gasteiger partial charge on any atom is 0.228 e. The first-order valence-corrected chi connectivity index (χ1v) is 8.75. The molecular formula is C16H24N8O2. The Kier molecular flexibility index (Phi) is 5.59. The van der Waals surface area contributed by atoms with Gasteiger partial charge in [0.25, 0.3) is 0 Å². The molecule has 2 aromatic heterocycles. The Morgan fingerprint density at radius 3 is 2.92 bits per heavy atom. The predicted octanol–water partition coefficient (Wildman–Crippen LogP) is -0.511. The molecule has 10 heteroatoms. The molecular weight excluding hydrogens is 336 g/mol. The molecule has 0 spiro atoms. The molecule has 1 atom stereocenters. The molecule has 1 fully saturated rings. The second-order valence-corrected chi connectivity index (χ2v) is 6.56. The third kappa shape index (κ3) is 4.44. The van der Waals surface area contributed by atoms with Crippen molar-refractivity contribution in [2.45, 2.75) is 38.3 Å². The summed E-state index contributed by atoms with van der Waals surface area (Å²) in [5, 5.41) is 15.7. The lowest BCUT2D eigenvalue weighted by Gasteiger charge is -2.37. The van der Waals surface area contributed by atoms with Crippen molar-refractivity contribution < 1.29 is 9.59 Å². The zero-order valence-electron chi connectivity index (χ0n) is 15.2. The highest BCUT2D eigenvalue weighted by Crippen LogP contribution is 2.17. The Balaban J connectivity index is 1.51. The van der Waals surface area contributed by atoms with Crippen molar-refractivity contribution in [1.29, 1.82) is 0 Å². The van der Waals surface area contributed by atoms with Gasteiger partial charge in [0.2, 0.25) is 11.8 Å². The van der Waals surface area contributed by atoms with Crippen LogP contribution in [0.4, 0.5) is 0 Å². The smallest absolute Gasteiger partial charge is 0.228 e. The van der Waals surface area contributed by atoms with Gasteiger partial charge in [-0.25, -0.2) is 0 Å². The van der Waals surface area contributed by atoms with Crippen LogP contribution in [0.25, 0.3) is 0 Å². The van der Waals surface area contributed by atoms with Crippen molar-refractivity contribution in [3.63, 3.8) is 0 Å². The SMILES string of the molecule is CN(C(=O)CCn1ccnn1)C1CCCN(C(=O)Cc2cnn(C)n2)C1. The van der Waals surface area contributed by atoms with E-state index in [1.807, 2.05) is 11.9 Å². The molecule has 0 aliphatic carbocycles. The number of hydrogen-bond donors (Lipinski definition) is 0. The number of hydrogen-bond acceptors (Lipinski definition) is 6. The highest BCUT2D eigenvalue weighted by atomic mass is 16.2. The fourth-order valence-electron chi connectivity index (χ4n) is 3.18. The average Bonchev–Trinajstić information content (AvgIpc) is 3.31. The van der Waals surface area contributed by atoms with E-state index in [-0.39, 0.29) is 24.3 Å². The maximum atomic E-state index is 12.5. The molecule has 0 radical (unpaired) electrons. The maximum absolute atomic E-state index is 12.5. The first kappa shape index (κ1) is 18.0. The fraction of sp³-hybridized carbons (Fsp3) is 0.625. The van der Waals surface area contributed by atoms with Gasteiger partial charge in [-0.3, -0.25) is 14.3 Å². The van der Waals surface area contributed by atoms with E-state index in [9.17, 15) is 9.59 Å². The van der Waals surface area contributed by atoms with E-state index in [4.69, 9.17) is 0 Å². The van der Waals surface area contributed by atoms with Crippen molar-refractivity contribution in [3.8, 4) is 0 Å². The second kappa shape index (κ2) is 8.07. The monoisotopic (exact) mass is 360 g/mol. The Hall–Kier alpha value is -2.78. The molecule has 1 aliphatic heterocycles. The van der Waals surface area contributed by atoms with Crippen LogP contribution in [0.2, 0.25) is 0 Å². The highest BCUT2D eigenvalue weighted by molar-refractivity contribution is 5.79. The summed E-state index contributed by atoms with van der Waals surface area (Å²) in [6.45, 7) is 1.78. The molecule has 0 bridgehead atoms. The van der Waals surface area contributed by atoms with Crippen molar-refractivity contribution in [3.05, 3.63) is 24.3 Å². The summed E-state index contributed by atoms with van der Waals surface area (Å²) < 4.78 is 1.64. The van der Waals surface area contributed by atoms with Crippen LogP contribution in [0.1, 0.15) is 25.0 Å². The molecule has 10 nitrogen and oxygen atoms in total. The van der Waals surface area contributed by atoms with Crippen molar-refractivity contribution >= 4 is 11.8 Å². The van der Waals surface area contributed by atoms with Gasteiger partial charge in [-0.2, -0.15) is 15.0 Å². The van der Waals surface area contributed by atoms with Crippen LogP contribution in [-0.4, -0.2) is 77.8 Å². The van der Waals surface area contributed by atoms with Crippen LogP contribution in [0.15, 0.2) is 18.6 Å². The topological polar surface area (TPSA) is 102 Å². The third-order valence-electron chi connectivity index (χ3n) is 4.70. The molecule has 3 heterocycles. The molecule has 1 unspecified atom stereocenters. The molecule has 2 aromatic rings. The van der Waals surface area contributed by atoms with Crippen molar-refractivity contribution in [1.82, 2.24) is 39.8 Å². The van der Waals surface area contributed by atoms with Crippen LogP contribution < -0.4 is 0 Å². The number of aromatic nitrogens is 6. The number of nitrogens with zero attached hydrogens (tertiary/aromatic N) is 8. The number of amides is 2. The lowest BCUT2D eigenvalue weighted by atomic mass is 10.0. The van der Waals surface area contributed by atoms with Crippen LogP contribution in [0.5, 0.6) is 0 Å². The van der Waals surface area contributed by atoms with Crippen molar-refractivity contribution in [2.75, 3.05) is 20.1 Å². The van der Waals surface area contributed by atoms with E-state index in [2.05, 4.69) is 20.5 Å². The minimum atomic E-state index is 0.0265. The molecule has 0 saturated carbocycles. The lowest BCUT2D eigenvalue weighted by Crippen LogP contribution is -2.50. The van der Waals surface area contributed by atoms with Gasteiger partial charge in [-0.05, 0) is 12.8 Å².